The lowest BCUT2D eigenvalue weighted by molar-refractivity contribution is -0.257. The molecule has 12 heteroatoms. The first-order valence-corrected chi connectivity index (χ1v) is 8.83. The molecule has 0 unspecified atom stereocenters. The van der Waals surface area contributed by atoms with Crippen LogP contribution in [0.2, 0.25) is 0 Å². The van der Waals surface area contributed by atoms with Gasteiger partial charge < -0.3 is 10.1 Å². The van der Waals surface area contributed by atoms with Crippen molar-refractivity contribution < 1.29 is 46.5 Å². The van der Waals surface area contributed by atoms with E-state index < -0.39 is 47.4 Å². The summed E-state index contributed by atoms with van der Waals surface area (Å²) in [6.45, 7) is 5.35. The Morgan fingerprint density at radius 2 is 1.83 bits per heavy atom. The molecule has 30 heavy (non-hydrogen) atoms. The maximum Gasteiger partial charge on any atom is 0.495 e. The zero-order valence-electron chi connectivity index (χ0n) is 16.3. The number of nitrogens with one attached hydrogen (secondary N) is 1. The van der Waals surface area contributed by atoms with Crippen LogP contribution in [0.25, 0.3) is 0 Å². The van der Waals surface area contributed by atoms with Crippen LogP contribution in [0.15, 0.2) is 18.2 Å². The molecule has 0 bridgehead atoms. The molecule has 0 aromatic heterocycles. The monoisotopic (exact) mass is 436 g/mol. The largest absolute Gasteiger partial charge is 0.495 e. The van der Waals surface area contributed by atoms with Crippen LogP contribution in [-0.4, -0.2) is 47.2 Å². The van der Waals surface area contributed by atoms with E-state index in [1.54, 1.807) is 20.8 Å². The van der Waals surface area contributed by atoms with Crippen LogP contribution >= 0.6 is 0 Å². The third-order valence-electron chi connectivity index (χ3n) is 3.82. The molecule has 1 aromatic rings. The van der Waals surface area contributed by atoms with Crippen molar-refractivity contribution in [2.75, 3.05) is 11.9 Å². The number of hydrogen-bond donors (Lipinski definition) is 1. The van der Waals surface area contributed by atoms with Gasteiger partial charge in [0.25, 0.3) is 0 Å². The molecular weight excluding hydrogens is 416 g/mol. The van der Waals surface area contributed by atoms with Crippen LogP contribution < -0.4 is 10.2 Å². The molecule has 1 fully saturated rings. The summed E-state index contributed by atoms with van der Waals surface area (Å²) in [5, 5.41) is 2.42. The summed E-state index contributed by atoms with van der Waals surface area (Å²) in [6, 6.07) is 1.91. The second-order valence-corrected chi connectivity index (χ2v) is 7.42. The van der Waals surface area contributed by atoms with Crippen molar-refractivity contribution in [1.82, 2.24) is 4.90 Å². The summed E-state index contributed by atoms with van der Waals surface area (Å²) >= 11 is 0. The molecule has 1 N–H and O–H groups in total. The van der Waals surface area contributed by atoms with Gasteiger partial charge >= 0.3 is 18.2 Å². The standard InChI is InChI=1S/C18H20F4N2O6/c1-17(2,3)28-16(27)24-8-4-5-12(24)14(25)23-10-6-7-11(19)13(9-10)29-30-15(26)18(20,21)22/h6-7,9,12H,4-5,8H2,1-3H3,(H,23,25)/t12-/m0/s1. The number of ether oxygens (including phenoxy) is 1. The van der Waals surface area contributed by atoms with Crippen molar-refractivity contribution in [2.45, 2.75) is 51.4 Å². The smallest absolute Gasteiger partial charge is 0.444 e. The van der Waals surface area contributed by atoms with Gasteiger partial charge in [-0.15, -0.1) is 0 Å². The number of anilines is 1. The molecule has 1 aliphatic heterocycles. The van der Waals surface area contributed by atoms with Crippen molar-refractivity contribution >= 4 is 23.7 Å². The van der Waals surface area contributed by atoms with E-state index in [2.05, 4.69) is 15.1 Å². The number of rotatable bonds is 4. The number of halogens is 4. The highest BCUT2D eigenvalue weighted by Gasteiger charge is 2.43. The number of carbonyl (C=O) groups excluding carboxylic acids is 3. The molecule has 0 spiro atoms. The van der Waals surface area contributed by atoms with Gasteiger partial charge in [0.1, 0.15) is 11.6 Å². The highest BCUT2D eigenvalue weighted by molar-refractivity contribution is 5.97. The summed E-state index contributed by atoms with van der Waals surface area (Å²) in [6.07, 6.45) is -5.07. The summed E-state index contributed by atoms with van der Waals surface area (Å²) in [4.78, 5) is 44.4. The molecule has 0 aliphatic carbocycles. The second kappa shape index (κ2) is 8.76. The third kappa shape index (κ3) is 6.22. The Morgan fingerprint density at radius 3 is 2.43 bits per heavy atom. The molecule has 1 atom stereocenters. The number of amides is 2. The van der Waals surface area contributed by atoms with Gasteiger partial charge in [0.05, 0.1) is 0 Å². The Morgan fingerprint density at radius 1 is 1.17 bits per heavy atom. The highest BCUT2D eigenvalue weighted by Crippen LogP contribution is 2.26. The Bertz CT molecular complexity index is 822. The zero-order chi connectivity index (χ0) is 22.7. The Kier molecular flexibility index (Phi) is 6.78. The molecule has 0 radical (unpaired) electrons. The SMILES string of the molecule is CC(C)(C)OC(=O)N1CCC[C@H]1C(=O)Nc1ccc(F)c(OOC(=O)C(F)(F)F)c1. The fraction of sp³-hybridized carbons (Fsp3) is 0.500. The minimum atomic E-state index is -5.32. The van der Waals surface area contributed by atoms with Crippen LogP contribution in [0.4, 0.5) is 28.0 Å². The second-order valence-electron chi connectivity index (χ2n) is 7.42. The van der Waals surface area contributed by atoms with Gasteiger partial charge in [0.15, 0.2) is 5.82 Å². The molecule has 0 saturated carbocycles. The number of alkyl halides is 3. The van der Waals surface area contributed by atoms with Gasteiger partial charge in [-0.3, -0.25) is 14.6 Å². The Labute approximate surface area is 169 Å². The van der Waals surface area contributed by atoms with E-state index in [0.29, 0.717) is 19.4 Å². The topological polar surface area (TPSA) is 94.2 Å². The molecule has 166 valence electrons. The van der Waals surface area contributed by atoms with Crippen LogP contribution in [0.1, 0.15) is 33.6 Å². The van der Waals surface area contributed by atoms with Crippen LogP contribution in [-0.2, 0) is 19.2 Å². The van der Waals surface area contributed by atoms with E-state index in [-0.39, 0.29) is 5.69 Å². The van der Waals surface area contributed by atoms with Gasteiger partial charge in [-0.25, -0.2) is 18.9 Å². The van der Waals surface area contributed by atoms with E-state index >= 15 is 0 Å². The van der Waals surface area contributed by atoms with Gasteiger partial charge in [0, 0.05) is 18.3 Å². The van der Waals surface area contributed by atoms with Gasteiger partial charge in [-0.05, 0) is 45.7 Å². The maximum absolute atomic E-state index is 13.7. The first-order valence-electron chi connectivity index (χ1n) is 8.83. The van der Waals surface area contributed by atoms with E-state index in [1.807, 2.05) is 0 Å². The zero-order valence-corrected chi connectivity index (χ0v) is 16.3. The Hall–Kier alpha value is -3.05. The lowest BCUT2D eigenvalue weighted by Gasteiger charge is -2.28. The van der Waals surface area contributed by atoms with E-state index in [4.69, 9.17) is 4.74 Å². The number of nitrogens with zero attached hydrogens (tertiary/aromatic N) is 1. The minimum absolute atomic E-state index is 0.0458. The molecule has 1 heterocycles. The lowest BCUT2D eigenvalue weighted by Crippen LogP contribution is -2.45. The molecule has 1 saturated heterocycles. The van der Waals surface area contributed by atoms with Crippen LogP contribution in [0, 0.1) is 5.82 Å². The van der Waals surface area contributed by atoms with Crippen molar-refractivity contribution in [3.05, 3.63) is 24.0 Å². The molecule has 2 amide bonds. The summed E-state index contributed by atoms with van der Waals surface area (Å²) in [5.41, 5.74) is -0.798. The van der Waals surface area contributed by atoms with Crippen molar-refractivity contribution in [3.63, 3.8) is 0 Å². The predicted molar refractivity (Wildman–Crippen MR) is 93.8 cm³/mol. The quantitative estimate of drug-likeness (QED) is 0.441. The molecule has 8 nitrogen and oxygen atoms in total. The summed E-state index contributed by atoms with van der Waals surface area (Å²) in [7, 11) is 0. The average molecular weight is 436 g/mol. The van der Waals surface area contributed by atoms with Crippen molar-refractivity contribution in [2.24, 2.45) is 0 Å². The van der Waals surface area contributed by atoms with Crippen LogP contribution in [0.5, 0.6) is 5.75 Å². The molecule has 1 aliphatic rings. The predicted octanol–water partition coefficient (Wildman–Crippen LogP) is 3.56. The van der Waals surface area contributed by atoms with Crippen LogP contribution in [0.3, 0.4) is 0 Å². The van der Waals surface area contributed by atoms with Gasteiger partial charge in [-0.2, -0.15) is 13.2 Å². The summed E-state index contributed by atoms with van der Waals surface area (Å²) < 4.78 is 55.4. The number of benzene rings is 1. The van der Waals surface area contributed by atoms with Crippen molar-refractivity contribution in [3.8, 4) is 5.75 Å². The summed E-state index contributed by atoms with van der Waals surface area (Å²) in [5.74, 6) is -5.25. The van der Waals surface area contributed by atoms with E-state index in [1.165, 1.54) is 4.90 Å². The molecule has 1 aromatic carbocycles. The van der Waals surface area contributed by atoms with Crippen molar-refractivity contribution in [1.29, 1.82) is 0 Å². The first kappa shape index (κ1) is 23.2. The number of likely N-dealkylation sites (tertiary alicyclic amines) is 1. The fourth-order valence-electron chi connectivity index (χ4n) is 2.58. The molecule has 2 rings (SSSR count). The molecular formula is C18H20F4N2O6. The van der Waals surface area contributed by atoms with E-state index in [9.17, 15) is 31.9 Å². The highest BCUT2D eigenvalue weighted by atomic mass is 19.4. The lowest BCUT2D eigenvalue weighted by atomic mass is 10.2. The normalized spacial score (nSPS) is 16.8. The fourth-order valence-corrected chi connectivity index (χ4v) is 2.58. The van der Waals surface area contributed by atoms with E-state index in [0.717, 1.165) is 18.2 Å². The Balaban J connectivity index is 2.06. The maximum atomic E-state index is 13.7. The number of carbonyl (C=O) groups is 3. The van der Waals surface area contributed by atoms with Gasteiger partial charge in [-0.1, -0.05) is 0 Å². The van der Waals surface area contributed by atoms with Gasteiger partial charge in [0.2, 0.25) is 11.7 Å². The average Bonchev–Trinajstić information content (AvgIpc) is 3.09. The third-order valence-corrected chi connectivity index (χ3v) is 3.82. The first-order chi connectivity index (χ1) is 13.8. The number of hydrogen-bond acceptors (Lipinski definition) is 6. The minimum Gasteiger partial charge on any atom is -0.444 e.